The first-order valence-electron chi connectivity index (χ1n) is 12.9. The number of piperidine rings is 1. The number of benzene rings is 1. The first-order chi connectivity index (χ1) is 18.0. The van der Waals surface area contributed by atoms with Gasteiger partial charge in [0.15, 0.2) is 23.1 Å². The summed E-state index contributed by atoms with van der Waals surface area (Å²) in [5, 5.41) is 3.76. The topological polar surface area (TPSA) is 80.9 Å². The van der Waals surface area contributed by atoms with Gasteiger partial charge < -0.3 is 34.1 Å². The zero-order valence-electron chi connectivity index (χ0n) is 21.4. The van der Waals surface area contributed by atoms with Gasteiger partial charge in [0.05, 0.1) is 38.5 Å². The lowest BCUT2D eigenvalue weighted by Gasteiger charge is -2.47. The van der Waals surface area contributed by atoms with Crippen molar-refractivity contribution < 1.29 is 23.3 Å². The number of hydrogen-bond donors (Lipinski definition) is 2. The molecule has 37 heavy (non-hydrogen) atoms. The molecule has 0 unspecified atom stereocenters. The van der Waals surface area contributed by atoms with Gasteiger partial charge in [0.25, 0.3) is 0 Å². The van der Waals surface area contributed by atoms with Gasteiger partial charge in [-0.1, -0.05) is 0 Å². The van der Waals surface area contributed by atoms with Crippen molar-refractivity contribution in [2.24, 2.45) is 5.41 Å². The highest BCUT2D eigenvalue weighted by Gasteiger charge is 2.40. The number of halogens is 1. The highest BCUT2D eigenvalue weighted by Crippen LogP contribution is 2.40. The van der Waals surface area contributed by atoms with E-state index in [0.29, 0.717) is 46.9 Å². The van der Waals surface area contributed by atoms with E-state index in [1.807, 2.05) is 25.1 Å². The van der Waals surface area contributed by atoms with Crippen LogP contribution in [0, 0.1) is 18.2 Å². The maximum absolute atomic E-state index is 15.1. The number of anilines is 1. The minimum Gasteiger partial charge on any atom is -0.493 e. The summed E-state index contributed by atoms with van der Waals surface area (Å²) >= 11 is 0. The SMILES string of the molecule is COc1cc2c(cc1OCCCN1CCC3(CC1)COC3)NCC=C2Oc1cnc2[nH]c(C)cc2c1F. The molecule has 0 radical (unpaired) electrons. The van der Waals surface area contributed by atoms with Crippen LogP contribution in [0.25, 0.3) is 16.8 Å². The van der Waals surface area contributed by atoms with Gasteiger partial charge in [0.1, 0.15) is 11.4 Å². The molecule has 3 aromatic rings. The number of ether oxygens (including phenoxy) is 4. The zero-order valence-corrected chi connectivity index (χ0v) is 21.4. The second kappa shape index (κ2) is 9.87. The van der Waals surface area contributed by atoms with E-state index in [1.165, 1.54) is 19.0 Å². The van der Waals surface area contributed by atoms with Crippen LogP contribution >= 0.6 is 0 Å². The molecule has 196 valence electrons. The van der Waals surface area contributed by atoms with Crippen LogP contribution in [0.5, 0.6) is 17.2 Å². The number of hydrogen-bond acceptors (Lipinski definition) is 7. The normalized spacial score (nSPS) is 18.6. The van der Waals surface area contributed by atoms with Crippen LogP contribution in [-0.4, -0.2) is 68.0 Å². The second-order valence-electron chi connectivity index (χ2n) is 10.3. The Bertz CT molecular complexity index is 1320. The standard InChI is InChI=1S/C28H33FN4O4/c1-18-12-20-26(29)25(15-31-27(20)32-18)37-22-4-7-30-21-14-24(23(34-2)13-19(21)22)36-11-3-8-33-9-5-28(6-10-33)16-35-17-28/h4,12-15,30H,3,5-11,16-17H2,1-2H3,(H,31,32). The highest BCUT2D eigenvalue weighted by atomic mass is 19.1. The van der Waals surface area contributed by atoms with E-state index in [2.05, 4.69) is 20.2 Å². The van der Waals surface area contributed by atoms with Crippen molar-refractivity contribution in [3.8, 4) is 17.2 Å². The summed E-state index contributed by atoms with van der Waals surface area (Å²) in [5.41, 5.74) is 3.44. The van der Waals surface area contributed by atoms with E-state index in [1.54, 1.807) is 13.2 Å². The number of H-pyrrole nitrogens is 1. The van der Waals surface area contributed by atoms with Crippen molar-refractivity contribution in [3.63, 3.8) is 0 Å². The molecule has 5 heterocycles. The average Bonchev–Trinajstić information content (AvgIpc) is 3.28. The third-order valence-corrected chi connectivity index (χ3v) is 7.67. The van der Waals surface area contributed by atoms with Gasteiger partial charge in [-0.25, -0.2) is 9.37 Å². The lowest BCUT2D eigenvalue weighted by molar-refractivity contribution is -0.139. The summed E-state index contributed by atoms with van der Waals surface area (Å²) in [7, 11) is 1.62. The predicted molar refractivity (Wildman–Crippen MR) is 140 cm³/mol. The number of fused-ring (bicyclic) bond motifs is 2. The molecule has 0 saturated carbocycles. The number of nitrogens with zero attached hydrogens (tertiary/aromatic N) is 2. The van der Waals surface area contributed by atoms with E-state index >= 15 is 4.39 Å². The number of pyridine rings is 1. The molecule has 2 N–H and O–H groups in total. The smallest absolute Gasteiger partial charge is 0.182 e. The van der Waals surface area contributed by atoms with Crippen molar-refractivity contribution >= 4 is 22.5 Å². The molecule has 2 fully saturated rings. The number of likely N-dealkylation sites (tertiary alicyclic amines) is 1. The van der Waals surface area contributed by atoms with Crippen molar-refractivity contribution in [3.05, 3.63) is 47.5 Å². The fourth-order valence-electron chi connectivity index (χ4n) is 5.39. The minimum atomic E-state index is -0.438. The number of rotatable bonds is 8. The van der Waals surface area contributed by atoms with E-state index in [-0.39, 0.29) is 5.75 Å². The molecule has 1 spiro atoms. The van der Waals surface area contributed by atoms with E-state index in [4.69, 9.17) is 18.9 Å². The second-order valence-corrected chi connectivity index (χ2v) is 10.3. The largest absolute Gasteiger partial charge is 0.493 e. The third-order valence-electron chi connectivity index (χ3n) is 7.67. The first kappa shape index (κ1) is 24.1. The van der Waals surface area contributed by atoms with Crippen molar-refractivity contribution in [2.45, 2.75) is 26.2 Å². The molecule has 9 heteroatoms. The molecular weight excluding hydrogens is 475 g/mol. The molecule has 0 bridgehead atoms. The van der Waals surface area contributed by atoms with Crippen LogP contribution in [0.3, 0.4) is 0 Å². The Kier molecular flexibility index (Phi) is 6.42. The van der Waals surface area contributed by atoms with Crippen LogP contribution < -0.4 is 19.5 Å². The lowest BCUT2D eigenvalue weighted by atomic mass is 9.77. The molecule has 2 saturated heterocycles. The molecule has 8 nitrogen and oxygen atoms in total. The zero-order chi connectivity index (χ0) is 25.4. The summed E-state index contributed by atoms with van der Waals surface area (Å²) in [6.07, 6.45) is 6.70. The van der Waals surface area contributed by atoms with Gasteiger partial charge in [-0.2, -0.15) is 0 Å². The Hall–Kier alpha value is -3.30. The number of aromatic amines is 1. The highest BCUT2D eigenvalue weighted by molar-refractivity contribution is 5.82. The Balaban J connectivity index is 1.11. The Morgan fingerprint density at radius 2 is 1.97 bits per heavy atom. The Morgan fingerprint density at radius 1 is 1.14 bits per heavy atom. The van der Waals surface area contributed by atoms with Crippen LogP contribution in [0.15, 0.2) is 30.5 Å². The van der Waals surface area contributed by atoms with Gasteiger partial charge in [-0.05, 0) is 57.5 Å². The Labute approximate surface area is 215 Å². The maximum atomic E-state index is 15.1. The monoisotopic (exact) mass is 508 g/mol. The fraction of sp³-hybridized carbons (Fsp3) is 0.464. The average molecular weight is 509 g/mol. The summed E-state index contributed by atoms with van der Waals surface area (Å²) in [5.74, 6) is 1.48. The summed E-state index contributed by atoms with van der Waals surface area (Å²) in [6, 6.07) is 5.53. The van der Waals surface area contributed by atoms with Crippen LogP contribution in [0.1, 0.15) is 30.5 Å². The minimum absolute atomic E-state index is 0.0818. The Morgan fingerprint density at radius 3 is 2.73 bits per heavy atom. The number of methoxy groups -OCH3 is 1. The molecule has 0 aliphatic carbocycles. The van der Waals surface area contributed by atoms with E-state index in [9.17, 15) is 0 Å². The molecular formula is C28H33FN4O4. The number of aromatic nitrogens is 2. The van der Waals surface area contributed by atoms with Crippen molar-refractivity contribution in [1.82, 2.24) is 14.9 Å². The summed E-state index contributed by atoms with van der Waals surface area (Å²) < 4.78 is 38.3. The number of aryl methyl sites for hydroxylation is 1. The molecule has 3 aliphatic rings. The summed E-state index contributed by atoms with van der Waals surface area (Å²) in [6.45, 7) is 8.19. The predicted octanol–water partition coefficient (Wildman–Crippen LogP) is 4.75. The maximum Gasteiger partial charge on any atom is 0.182 e. The van der Waals surface area contributed by atoms with Gasteiger partial charge in [0.2, 0.25) is 0 Å². The molecule has 0 amide bonds. The quantitative estimate of drug-likeness (QED) is 0.425. The first-order valence-corrected chi connectivity index (χ1v) is 12.9. The molecule has 3 aliphatic heterocycles. The van der Waals surface area contributed by atoms with Crippen molar-refractivity contribution in [1.29, 1.82) is 0 Å². The molecule has 0 atom stereocenters. The van der Waals surface area contributed by atoms with Crippen LogP contribution in [-0.2, 0) is 4.74 Å². The lowest BCUT2D eigenvalue weighted by Crippen LogP contribution is -2.51. The molecule has 6 rings (SSSR count). The van der Waals surface area contributed by atoms with Crippen LogP contribution in [0.4, 0.5) is 10.1 Å². The van der Waals surface area contributed by atoms with E-state index in [0.717, 1.165) is 56.2 Å². The molecule has 1 aromatic carbocycles. The number of nitrogens with one attached hydrogen (secondary N) is 2. The van der Waals surface area contributed by atoms with Gasteiger partial charge in [-0.15, -0.1) is 0 Å². The van der Waals surface area contributed by atoms with Gasteiger partial charge in [-0.3, -0.25) is 0 Å². The van der Waals surface area contributed by atoms with Crippen LogP contribution in [0.2, 0.25) is 0 Å². The van der Waals surface area contributed by atoms with E-state index < -0.39 is 5.82 Å². The van der Waals surface area contributed by atoms with Gasteiger partial charge in [0, 0.05) is 41.5 Å². The summed E-state index contributed by atoms with van der Waals surface area (Å²) in [4.78, 5) is 9.87. The van der Waals surface area contributed by atoms with Crippen molar-refractivity contribution in [2.75, 3.05) is 58.4 Å². The third kappa shape index (κ3) is 4.73. The molecule has 2 aromatic heterocycles. The fourth-order valence-corrected chi connectivity index (χ4v) is 5.39. The van der Waals surface area contributed by atoms with Gasteiger partial charge >= 0.3 is 0 Å².